The molecule has 0 fully saturated rings. The van der Waals surface area contributed by atoms with Crippen LogP contribution in [0.15, 0.2) is 36.9 Å². The molecule has 2 rings (SSSR count). The first-order chi connectivity index (χ1) is 7.81. The van der Waals surface area contributed by atoms with Gasteiger partial charge in [0.15, 0.2) is 0 Å². The molecule has 0 saturated heterocycles. The molecule has 0 radical (unpaired) electrons. The molecule has 2 aromatic rings. The summed E-state index contributed by atoms with van der Waals surface area (Å²) in [5.41, 5.74) is 8.44. The Labute approximate surface area is 94.1 Å². The molecule has 1 aromatic carbocycles. The van der Waals surface area contributed by atoms with Gasteiger partial charge in [-0.05, 0) is 24.6 Å². The van der Waals surface area contributed by atoms with E-state index in [2.05, 4.69) is 9.97 Å². The van der Waals surface area contributed by atoms with Gasteiger partial charge in [-0.15, -0.1) is 0 Å². The lowest BCUT2D eigenvalue weighted by molar-refractivity contribution is 0.342. The molecule has 4 heteroatoms. The van der Waals surface area contributed by atoms with Gasteiger partial charge in [-0.1, -0.05) is 6.07 Å². The lowest BCUT2D eigenvalue weighted by atomic mass is 10.1. The van der Waals surface area contributed by atoms with Crippen LogP contribution in [0.5, 0.6) is 5.75 Å². The summed E-state index contributed by atoms with van der Waals surface area (Å²) in [5, 5.41) is 0. The first kappa shape index (κ1) is 10.4. The Hall–Kier alpha value is -2.10. The average molecular weight is 215 g/mol. The maximum Gasteiger partial charge on any atom is 0.142 e. The minimum absolute atomic E-state index is 0.609. The summed E-state index contributed by atoms with van der Waals surface area (Å²) in [4.78, 5) is 7.93. The van der Waals surface area contributed by atoms with Crippen molar-refractivity contribution in [2.75, 3.05) is 12.3 Å². The first-order valence-electron chi connectivity index (χ1n) is 5.09. The van der Waals surface area contributed by atoms with Crippen LogP contribution in [0.25, 0.3) is 11.1 Å². The van der Waals surface area contributed by atoms with Crippen LogP contribution in [-0.4, -0.2) is 16.6 Å². The summed E-state index contributed by atoms with van der Waals surface area (Å²) in [6, 6.07) is 5.67. The summed E-state index contributed by atoms with van der Waals surface area (Å²) < 4.78 is 5.37. The molecule has 1 aromatic heterocycles. The molecule has 4 nitrogen and oxygen atoms in total. The van der Waals surface area contributed by atoms with E-state index < -0.39 is 0 Å². The lowest BCUT2D eigenvalue weighted by Gasteiger charge is -2.08. The maximum absolute atomic E-state index is 5.88. The molecule has 1 heterocycles. The summed E-state index contributed by atoms with van der Waals surface area (Å²) in [5.74, 6) is 0.711. The molecule has 0 aliphatic rings. The number of ether oxygens (including phenoxy) is 1. The van der Waals surface area contributed by atoms with Crippen molar-refractivity contribution in [3.63, 3.8) is 0 Å². The molecule has 0 amide bonds. The Bertz CT molecular complexity index is 471. The van der Waals surface area contributed by atoms with Crippen molar-refractivity contribution in [3.05, 3.63) is 36.9 Å². The highest BCUT2D eigenvalue weighted by atomic mass is 16.5. The zero-order valence-electron chi connectivity index (χ0n) is 9.05. The maximum atomic E-state index is 5.88. The van der Waals surface area contributed by atoms with Crippen LogP contribution in [-0.2, 0) is 0 Å². The Morgan fingerprint density at radius 3 is 2.56 bits per heavy atom. The van der Waals surface area contributed by atoms with Gasteiger partial charge in [0.05, 0.1) is 12.3 Å². The fraction of sp³-hybridized carbons (Fsp3) is 0.167. The van der Waals surface area contributed by atoms with Gasteiger partial charge >= 0.3 is 0 Å². The molecule has 2 N–H and O–H groups in total. The Morgan fingerprint density at radius 2 is 1.94 bits per heavy atom. The molecule has 0 aliphatic heterocycles. The number of anilines is 1. The van der Waals surface area contributed by atoms with Crippen molar-refractivity contribution < 1.29 is 4.74 Å². The highest BCUT2D eigenvalue weighted by Gasteiger charge is 2.03. The van der Waals surface area contributed by atoms with E-state index in [0.717, 1.165) is 11.1 Å². The number of nitrogen functional groups attached to an aromatic ring is 1. The second-order valence-electron chi connectivity index (χ2n) is 3.31. The van der Waals surface area contributed by atoms with E-state index in [-0.39, 0.29) is 0 Å². The monoisotopic (exact) mass is 215 g/mol. The molecule has 82 valence electrons. The van der Waals surface area contributed by atoms with Crippen LogP contribution in [0.1, 0.15) is 6.92 Å². The normalized spacial score (nSPS) is 10.1. The van der Waals surface area contributed by atoms with Crippen molar-refractivity contribution in [2.24, 2.45) is 0 Å². The highest BCUT2D eigenvalue weighted by Crippen LogP contribution is 2.27. The second kappa shape index (κ2) is 4.61. The third-order valence-electron chi connectivity index (χ3n) is 2.20. The van der Waals surface area contributed by atoms with Gasteiger partial charge in [0.2, 0.25) is 0 Å². The topological polar surface area (TPSA) is 61.0 Å². The fourth-order valence-corrected chi connectivity index (χ4v) is 1.46. The Balaban J connectivity index is 2.35. The smallest absolute Gasteiger partial charge is 0.142 e. The summed E-state index contributed by atoms with van der Waals surface area (Å²) in [6.07, 6.45) is 5.01. The number of nitrogens with two attached hydrogens (primary N) is 1. The number of aromatic nitrogens is 2. The van der Waals surface area contributed by atoms with Gasteiger partial charge in [0, 0.05) is 18.0 Å². The predicted molar refractivity (Wildman–Crippen MR) is 63.0 cm³/mol. The van der Waals surface area contributed by atoms with Crippen molar-refractivity contribution in [1.29, 1.82) is 0 Å². The first-order valence-corrected chi connectivity index (χ1v) is 5.09. The third-order valence-corrected chi connectivity index (χ3v) is 2.20. The third kappa shape index (κ3) is 2.11. The van der Waals surface area contributed by atoms with Gasteiger partial charge in [-0.25, -0.2) is 9.97 Å². The quantitative estimate of drug-likeness (QED) is 0.797. The molecule has 0 bridgehead atoms. The fourth-order valence-electron chi connectivity index (χ4n) is 1.46. The molecule has 0 atom stereocenters. The van der Waals surface area contributed by atoms with Crippen molar-refractivity contribution in [3.8, 4) is 16.9 Å². The minimum Gasteiger partial charge on any atom is -0.492 e. The SMILES string of the molecule is CCOc1ccc(-c2cncnc2)cc1N. The van der Waals surface area contributed by atoms with Crippen LogP contribution >= 0.6 is 0 Å². The molecule has 16 heavy (non-hydrogen) atoms. The number of hydrogen-bond acceptors (Lipinski definition) is 4. The highest BCUT2D eigenvalue weighted by molar-refractivity contribution is 5.69. The van der Waals surface area contributed by atoms with E-state index in [1.54, 1.807) is 12.4 Å². The second-order valence-corrected chi connectivity index (χ2v) is 3.31. The average Bonchev–Trinajstić information content (AvgIpc) is 2.33. The van der Waals surface area contributed by atoms with Crippen molar-refractivity contribution in [1.82, 2.24) is 9.97 Å². The summed E-state index contributed by atoms with van der Waals surface area (Å²) in [7, 11) is 0. The van der Waals surface area contributed by atoms with Crippen molar-refractivity contribution >= 4 is 5.69 Å². The van der Waals surface area contributed by atoms with Crippen LogP contribution in [0.2, 0.25) is 0 Å². The number of nitrogens with zero attached hydrogens (tertiary/aromatic N) is 2. The van der Waals surface area contributed by atoms with E-state index in [4.69, 9.17) is 10.5 Å². The standard InChI is InChI=1S/C12H13N3O/c1-2-16-12-4-3-9(5-11(12)13)10-6-14-8-15-7-10/h3-8H,2,13H2,1H3. The molecular weight excluding hydrogens is 202 g/mol. The number of rotatable bonds is 3. The van der Waals surface area contributed by atoms with E-state index >= 15 is 0 Å². The molecule has 0 spiro atoms. The molecule has 0 unspecified atom stereocenters. The van der Waals surface area contributed by atoms with Gasteiger partial charge < -0.3 is 10.5 Å². The van der Waals surface area contributed by atoms with Crippen molar-refractivity contribution in [2.45, 2.75) is 6.92 Å². The van der Waals surface area contributed by atoms with E-state index in [1.807, 2.05) is 25.1 Å². The van der Waals surface area contributed by atoms with Crippen LogP contribution < -0.4 is 10.5 Å². The Kier molecular flexibility index (Phi) is 3.00. The summed E-state index contributed by atoms with van der Waals surface area (Å²) >= 11 is 0. The predicted octanol–water partition coefficient (Wildman–Crippen LogP) is 2.12. The zero-order chi connectivity index (χ0) is 11.4. The molecule has 0 saturated carbocycles. The minimum atomic E-state index is 0.609. The number of hydrogen-bond donors (Lipinski definition) is 1. The van der Waals surface area contributed by atoms with Crippen LogP contribution in [0.3, 0.4) is 0 Å². The zero-order valence-corrected chi connectivity index (χ0v) is 9.05. The van der Waals surface area contributed by atoms with Crippen LogP contribution in [0, 0.1) is 0 Å². The number of benzene rings is 1. The van der Waals surface area contributed by atoms with Gasteiger partial charge in [0.25, 0.3) is 0 Å². The van der Waals surface area contributed by atoms with Gasteiger partial charge in [-0.2, -0.15) is 0 Å². The Morgan fingerprint density at radius 1 is 1.19 bits per heavy atom. The van der Waals surface area contributed by atoms with E-state index in [1.165, 1.54) is 6.33 Å². The van der Waals surface area contributed by atoms with Gasteiger partial charge in [0.1, 0.15) is 12.1 Å². The summed E-state index contributed by atoms with van der Waals surface area (Å²) in [6.45, 7) is 2.54. The van der Waals surface area contributed by atoms with E-state index in [9.17, 15) is 0 Å². The van der Waals surface area contributed by atoms with E-state index in [0.29, 0.717) is 18.0 Å². The molecular formula is C12H13N3O. The largest absolute Gasteiger partial charge is 0.492 e. The molecule has 0 aliphatic carbocycles. The lowest BCUT2D eigenvalue weighted by Crippen LogP contribution is -1.97. The van der Waals surface area contributed by atoms with Gasteiger partial charge in [-0.3, -0.25) is 0 Å². The van der Waals surface area contributed by atoms with Crippen LogP contribution in [0.4, 0.5) is 5.69 Å².